The fraction of sp³-hybridized carbons (Fsp3) is 0.609. The van der Waals surface area contributed by atoms with Crippen LogP contribution in [-0.2, 0) is 19.8 Å². The number of nitrogens with zero attached hydrogens (tertiary/aromatic N) is 5. The highest BCUT2D eigenvalue weighted by Crippen LogP contribution is 2.52. The quantitative estimate of drug-likeness (QED) is 0.329. The number of carbonyl (C=O) groups excluding carboxylic acids is 3. The zero-order valence-electron chi connectivity index (χ0n) is 18.4. The number of amides is 1. The van der Waals surface area contributed by atoms with Crippen LogP contribution >= 0.6 is 0 Å². The van der Waals surface area contributed by atoms with Gasteiger partial charge in [-0.15, -0.1) is 5.01 Å². The molecule has 2 fully saturated rings. The predicted molar refractivity (Wildman–Crippen MR) is 117 cm³/mol. The van der Waals surface area contributed by atoms with Gasteiger partial charge in [0.15, 0.2) is 0 Å². The van der Waals surface area contributed by atoms with E-state index in [-0.39, 0.29) is 24.6 Å². The van der Waals surface area contributed by atoms with Gasteiger partial charge in [0, 0.05) is 17.1 Å². The number of para-hydroxylation sites is 1. The number of hydrogen-bond donors (Lipinski definition) is 1. The highest BCUT2D eigenvalue weighted by atomic mass is 16.2. The van der Waals surface area contributed by atoms with Crippen molar-refractivity contribution in [2.75, 3.05) is 18.4 Å². The molecule has 1 saturated carbocycles. The van der Waals surface area contributed by atoms with E-state index in [2.05, 4.69) is 34.1 Å². The van der Waals surface area contributed by atoms with Crippen molar-refractivity contribution in [3.8, 4) is 0 Å². The van der Waals surface area contributed by atoms with Gasteiger partial charge >= 0.3 is 6.15 Å². The third kappa shape index (κ3) is 3.95. The Hall–Kier alpha value is -3.33. The summed E-state index contributed by atoms with van der Waals surface area (Å²) < 4.78 is 0. The largest absolute Gasteiger partial charge is 0.373 e. The SMILES string of the molecule is O=C=O.[C-]#[N+]N1C[C@@H]2CC[C@H](C)[C@H](C)[C@H]2C[C@H]1[C@@]1(CCN=[N+]=[N-])C(=O)Nc2ccccc21. The zero-order valence-corrected chi connectivity index (χ0v) is 18.4. The minimum atomic E-state index is -0.860. The number of nitrogens with one attached hydrogen (secondary N) is 1. The number of carbonyl (C=O) groups is 1. The summed E-state index contributed by atoms with van der Waals surface area (Å²) >= 11 is 0. The first-order valence-electron chi connectivity index (χ1n) is 11.0. The van der Waals surface area contributed by atoms with Crippen LogP contribution in [0, 0.1) is 30.2 Å². The molecule has 2 aliphatic heterocycles. The average molecular weight is 437 g/mol. The smallest absolute Gasteiger partial charge is 0.325 e. The molecule has 1 amide bonds. The Bertz CT molecular complexity index is 978. The molecule has 4 rings (SSSR count). The molecule has 32 heavy (non-hydrogen) atoms. The van der Waals surface area contributed by atoms with Gasteiger partial charge in [0.05, 0.1) is 6.54 Å². The molecule has 9 nitrogen and oxygen atoms in total. The lowest BCUT2D eigenvalue weighted by molar-refractivity contribution is -0.191. The van der Waals surface area contributed by atoms with E-state index in [9.17, 15) is 4.79 Å². The molecule has 0 aromatic heterocycles. The molecule has 1 N–H and O–H groups in total. The molecule has 2 heterocycles. The predicted octanol–water partition coefficient (Wildman–Crippen LogP) is 4.20. The number of azide groups is 1. The van der Waals surface area contributed by atoms with Crippen molar-refractivity contribution in [3.05, 3.63) is 51.8 Å². The summed E-state index contributed by atoms with van der Waals surface area (Å²) in [5.41, 5.74) is 9.70. The Kier molecular flexibility index (Phi) is 7.19. The fourth-order valence-electron chi connectivity index (χ4n) is 6.11. The zero-order chi connectivity index (χ0) is 23.3. The van der Waals surface area contributed by atoms with E-state index in [0.29, 0.717) is 36.6 Å². The molecule has 3 aliphatic rings. The molecular weight excluding hydrogens is 408 g/mol. The second-order valence-corrected chi connectivity index (χ2v) is 9.07. The first-order valence-corrected chi connectivity index (χ1v) is 11.0. The molecule has 0 bridgehead atoms. The summed E-state index contributed by atoms with van der Waals surface area (Å²) in [4.78, 5) is 36.5. The summed E-state index contributed by atoms with van der Waals surface area (Å²) in [6.45, 7) is 13.5. The van der Waals surface area contributed by atoms with Gasteiger partial charge < -0.3 is 5.32 Å². The number of benzene rings is 1. The van der Waals surface area contributed by atoms with Crippen molar-refractivity contribution >= 4 is 17.7 Å². The van der Waals surface area contributed by atoms with Gasteiger partial charge in [0.1, 0.15) is 11.5 Å². The van der Waals surface area contributed by atoms with E-state index in [0.717, 1.165) is 24.1 Å². The van der Waals surface area contributed by atoms with E-state index in [1.54, 1.807) is 0 Å². The lowest BCUT2D eigenvalue weighted by atomic mass is 9.59. The highest BCUT2D eigenvalue weighted by Gasteiger charge is 2.59. The van der Waals surface area contributed by atoms with Crippen molar-refractivity contribution in [3.63, 3.8) is 0 Å². The summed E-state index contributed by atoms with van der Waals surface area (Å²) in [5.74, 6) is 2.21. The van der Waals surface area contributed by atoms with Crippen molar-refractivity contribution in [2.24, 2.45) is 28.8 Å². The molecular formula is C23H28N6O3. The van der Waals surface area contributed by atoms with Crippen LogP contribution in [0.3, 0.4) is 0 Å². The number of piperidine rings is 1. The van der Waals surface area contributed by atoms with Gasteiger partial charge in [-0.2, -0.15) is 21.1 Å². The minimum absolute atomic E-state index is 0.0690. The Labute approximate surface area is 187 Å². The lowest BCUT2D eigenvalue weighted by Crippen LogP contribution is -2.59. The van der Waals surface area contributed by atoms with Gasteiger partial charge in [-0.05, 0) is 60.1 Å². The fourth-order valence-corrected chi connectivity index (χ4v) is 6.11. The van der Waals surface area contributed by atoms with Gasteiger partial charge in [0.2, 0.25) is 5.91 Å². The maximum Gasteiger partial charge on any atom is 0.373 e. The highest BCUT2D eigenvalue weighted by molar-refractivity contribution is 6.07. The molecule has 0 radical (unpaired) electrons. The normalized spacial score (nSPS) is 32.6. The van der Waals surface area contributed by atoms with Crippen molar-refractivity contribution in [1.82, 2.24) is 5.01 Å². The Morgan fingerprint density at radius 1 is 1.31 bits per heavy atom. The van der Waals surface area contributed by atoms with Crippen LogP contribution in [0.25, 0.3) is 15.4 Å². The number of hydrogen-bond acceptors (Lipinski definition) is 5. The van der Waals surface area contributed by atoms with Gasteiger partial charge in [-0.3, -0.25) is 4.79 Å². The molecule has 1 aromatic carbocycles. The van der Waals surface area contributed by atoms with E-state index in [1.807, 2.05) is 29.3 Å². The second kappa shape index (κ2) is 9.86. The maximum atomic E-state index is 13.4. The monoisotopic (exact) mass is 436 g/mol. The standard InChI is InChI=1S/C22H28N6O.CO2/c1-14-8-9-16-13-28(24-3)20(12-17(16)15(14)2)22(10-11-25-27-23)18-6-4-5-7-19(18)26-21(22)29;2-1-3/h4-7,14-17,20H,8-13H2,1-2H3,(H,26,29);/t14-,15-,16-,17+,20-,22-;/m0./s1. The number of anilines is 1. The lowest BCUT2D eigenvalue weighted by Gasteiger charge is -2.50. The van der Waals surface area contributed by atoms with Crippen LogP contribution in [0.15, 0.2) is 29.4 Å². The van der Waals surface area contributed by atoms with Crippen molar-refractivity contribution < 1.29 is 14.4 Å². The molecule has 1 saturated heterocycles. The van der Waals surface area contributed by atoms with E-state index in [1.165, 1.54) is 6.42 Å². The van der Waals surface area contributed by atoms with Gasteiger partial charge in [0.25, 0.3) is 0 Å². The summed E-state index contributed by atoms with van der Waals surface area (Å²) in [5, 5.41) is 8.63. The molecule has 9 heteroatoms. The average Bonchev–Trinajstić information content (AvgIpc) is 3.08. The molecule has 1 aromatic rings. The first kappa shape index (κ1) is 23.3. The third-order valence-electron chi connectivity index (χ3n) is 7.88. The van der Waals surface area contributed by atoms with E-state index >= 15 is 0 Å². The Balaban J connectivity index is 0.000000913. The molecule has 0 unspecified atom stereocenters. The number of rotatable bonds is 4. The van der Waals surface area contributed by atoms with E-state index in [4.69, 9.17) is 21.7 Å². The molecule has 0 spiro atoms. The summed E-state index contributed by atoms with van der Waals surface area (Å²) in [6, 6.07) is 7.55. The topological polar surface area (TPSA) is 120 Å². The van der Waals surface area contributed by atoms with Crippen LogP contribution in [0.5, 0.6) is 0 Å². The molecule has 168 valence electrons. The van der Waals surface area contributed by atoms with Gasteiger partial charge in [-0.1, -0.05) is 43.6 Å². The second-order valence-electron chi connectivity index (χ2n) is 9.07. The summed E-state index contributed by atoms with van der Waals surface area (Å²) in [7, 11) is 0. The van der Waals surface area contributed by atoms with Gasteiger partial charge in [-0.25, -0.2) is 0 Å². The maximum absolute atomic E-state index is 13.4. The number of fused-ring (bicyclic) bond motifs is 2. The van der Waals surface area contributed by atoms with Crippen molar-refractivity contribution in [1.29, 1.82) is 0 Å². The first-order chi connectivity index (χ1) is 15.4. The molecule has 1 aliphatic carbocycles. The van der Waals surface area contributed by atoms with Crippen LogP contribution in [-0.4, -0.2) is 36.2 Å². The van der Waals surface area contributed by atoms with Crippen LogP contribution in [0.4, 0.5) is 5.69 Å². The van der Waals surface area contributed by atoms with Crippen LogP contribution < -0.4 is 5.32 Å². The Morgan fingerprint density at radius 2 is 2.03 bits per heavy atom. The van der Waals surface area contributed by atoms with E-state index < -0.39 is 5.41 Å². The van der Waals surface area contributed by atoms with Crippen molar-refractivity contribution in [2.45, 2.75) is 51.0 Å². The molecule has 6 atom stereocenters. The summed E-state index contributed by atoms with van der Waals surface area (Å²) in [6.07, 6.45) is 3.86. The third-order valence-corrected chi connectivity index (χ3v) is 7.88. The minimum Gasteiger partial charge on any atom is -0.325 e. The van der Waals surface area contributed by atoms with Crippen LogP contribution in [0.1, 0.15) is 45.1 Å². The Morgan fingerprint density at radius 3 is 2.72 bits per heavy atom. The van der Waals surface area contributed by atoms with Crippen LogP contribution in [0.2, 0.25) is 0 Å².